The molecule has 22 heavy (non-hydrogen) atoms. The van der Waals surface area contributed by atoms with Crippen LogP contribution < -0.4 is 0 Å². The van der Waals surface area contributed by atoms with Gasteiger partial charge in [-0.15, -0.1) is 0 Å². The normalized spacial score (nSPS) is 20.1. The number of allylic oxidation sites excluding steroid dienone is 7. The van der Waals surface area contributed by atoms with Gasteiger partial charge in [0.2, 0.25) is 0 Å². The molecule has 0 aliphatic heterocycles. The molecule has 0 radical (unpaired) electrons. The molecule has 0 fully saturated rings. The second-order valence-corrected chi connectivity index (χ2v) is 7.34. The summed E-state index contributed by atoms with van der Waals surface area (Å²) >= 11 is 0. The highest BCUT2D eigenvalue weighted by molar-refractivity contribution is 5.35. The van der Waals surface area contributed by atoms with E-state index >= 15 is 0 Å². The Kier molecular flexibility index (Phi) is 7.89. The fourth-order valence-corrected chi connectivity index (χ4v) is 3.26. The zero-order valence-corrected chi connectivity index (χ0v) is 15.2. The predicted molar refractivity (Wildman–Crippen MR) is 97.9 cm³/mol. The summed E-state index contributed by atoms with van der Waals surface area (Å²) < 4.78 is 0. The Morgan fingerprint density at radius 3 is 2.59 bits per heavy atom. The number of hydrogen-bond donors (Lipinski definition) is 1. The zero-order chi connectivity index (χ0) is 16.6. The Labute approximate surface area is 137 Å². The molecule has 0 spiro atoms. The zero-order valence-electron chi connectivity index (χ0n) is 15.2. The van der Waals surface area contributed by atoms with E-state index in [0.717, 1.165) is 19.3 Å². The molecule has 1 nitrogen and oxygen atoms in total. The van der Waals surface area contributed by atoms with Crippen molar-refractivity contribution in [1.82, 2.24) is 0 Å². The van der Waals surface area contributed by atoms with Crippen LogP contribution in [-0.2, 0) is 0 Å². The summed E-state index contributed by atoms with van der Waals surface area (Å²) in [5.41, 5.74) is 6.06. The molecule has 1 aliphatic rings. The standard InChI is InChI=1S/C21H34O/c1-17(9-6-7-10-18(2)14-16-22)12-13-20-19(3)11-8-15-21(20,4)5/h9,12-14,22H,6-8,10-11,15-16H2,1-5H3/b13-12+,17-9+,18-14+. The first kappa shape index (κ1) is 19.0. The van der Waals surface area contributed by atoms with Gasteiger partial charge < -0.3 is 5.11 Å². The summed E-state index contributed by atoms with van der Waals surface area (Å²) in [6, 6.07) is 0. The van der Waals surface area contributed by atoms with Crippen molar-refractivity contribution in [2.75, 3.05) is 6.61 Å². The van der Waals surface area contributed by atoms with E-state index < -0.39 is 0 Å². The molecule has 0 heterocycles. The van der Waals surface area contributed by atoms with Gasteiger partial charge in [0.25, 0.3) is 0 Å². The van der Waals surface area contributed by atoms with Crippen molar-refractivity contribution in [2.24, 2.45) is 5.41 Å². The van der Waals surface area contributed by atoms with E-state index in [-0.39, 0.29) is 6.61 Å². The van der Waals surface area contributed by atoms with Gasteiger partial charge in [-0.3, -0.25) is 0 Å². The SMILES string of the molecule is CC1=C(/C=C/C(C)=C/CCC/C(C)=C/CO)C(C)(C)CCC1. The molecule has 1 aliphatic carbocycles. The van der Waals surface area contributed by atoms with Gasteiger partial charge in [-0.1, -0.05) is 54.9 Å². The van der Waals surface area contributed by atoms with E-state index in [2.05, 4.69) is 52.8 Å². The maximum Gasteiger partial charge on any atom is 0.0614 e. The monoisotopic (exact) mass is 302 g/mol. The average Bonchev–Trinajstić information content (AvgIpc) is 2.42. The van der Waals surface area contributed by atoms with Crippen LogP contribution in [0.1, 0.15) is 73.1 Å². The number of aliphatic hydroxyl groups is 1. The summed E-state index contributed by atoms with van der Waals surface area (Å²) in [6.45, 7) is 11.5. The lowest BCUT2D eigenvalue weighted by Crippen LogP contribution is -2.19. The molecule has 0 saturated heterocycles. The first-order valence-electron chi connectivity index (χ1n) is 8.68. The van der Waals surface area contributed by atoms with E-state index in [1.807, 2.05) is 6.08 Å². The van der Waals surface area contributed by atoms with Crippen molar-refractivity contribution in [3.8, 4) is 0 Å². The highest BCUT2D eigenvalue weighted by atomic mass is 16.2. The molecule has 0 atom stereocenters. The van der Waals surface area contributed by atoms with Gasteiger partial charge in [-0.2, -0.15) is 0 Å². The summed E-state index contributed by atoms with van der Waals surface area (Å²) in [6.07, 6.45) is 16.1. The molecule has 0 aromatic heterocycles. The highest BCUT2D eigenvalue weighted by Gasteiger charge is 2.26. The Hall–Kier alpha value is -1.08. The molecule has 0 saturated carbocycles. The minimum atomic E-state index is 0.160. The predicted octanol–water partition coefficient (Wildman–Crippen LogP) is 6.12. The van der Waals surface area contributed by atoms with E-state index in [9.17, 15) is 0 Å². The second kappa shape index (κ2) is 9.15. The van der Waals surface area contributed by atoms with Crippen molar-refractivity contribution >= 4 is 0 Å². The molecule has 1 N–H and O–H groups in total. The van der Waals surface area contributed by atoms with Crippen LogP contribution in [0.4, 0.5) is 0 Å². The fraction of sp³-hybridized carbons (Fsp3) is 0.619. The van der Waals surface area contributed by atoms with Crippen LogP contribution in [-0.4, -0.2) is 11.7 Å². The third-order valence-electron chi connectivity index (χ3n) is 4.74. The van der Waals surface area contributed by atoms with Crippen LogP contribution in [0.15, 0.2) is 46.6 Å². The van der Waals surface area contributed by atoms with Crippen molar-refractivity contribution < 1.29 is 5.11 Å². The van der Waals surface area contributed by atoms with Gasteiger partial charge in [-0.05, 0) is 70.3 Å². The first-order chi connectivity index (χ1) is 10.4. The third kappa shape index (κ3) is 6.36. The van der Waals surface area contributed by atoms with Crippen LogP contribution in [0.5, 0.6) is 0 Å². The highest BCUT2D eigenvalue weighted by Crippen LogP contribution is 2.40. The fourth-order valence-electron chi connectivity index (χ4n) is 3.26. The molecule has 0 amide bonds. The number of hydrogen-bond acceptors (Lipinski definition) is 1. The third-order valence-corrected chi connectivity index (χ3v) is 4.74. The Morgan fingerprint density at radius 1 is 1.23 bits per heavy atom. The summed E-state index contributed by atoms with van der Waals surface area (Å²) in [5.74, 6) is 0. The molecule has 0 bridgehead atoms. The van der Waals surface area contributed by atoms with Crippen molar-refractivity contribution in [1.29, 1.82) is 0 Å². The van der Waals surface area contributed by atoms with E-state index in [1.54, 1.807) is 5.57 Å². The topological polar surface area (TPSA) is 20.2 Å². The quantitative estimate of drug-likeness (QED) is 0.341. The van der Waals surface area contributed by atoms with Crippen LogP contribution in [0.2, 0.25) is 0 Å². The number of unbranched alkanes of at least 4 members (excludes halogenated alkanes) is 1. The van der Waals surface area contributed by atoms with Crippen LogP contribution in [0.3, 0.4) is 0 Å². The largest absolute Gasteiger partial charge is 0.392 e. The van der Waals surface area contributed by atoms with Gasteiger partial charge in [0.05, 0.1) is 6.61 Å². The minimum Gasteiger partial charge on any atom is -0.392 e. The smallest absolute Gasteiger partial charge is 0.0614 e. The molecule has 1 rings (SSSR count). The lowest BCUT2D eigenvalue weighted by atomic mass is 9.72. The van der Waals surface area contributed by atoms with Gasteiger partial charge >= 0.3 is 0 Å². The number of aliphatic hydroxyl groups excluding tert-OH is 1. The van der Waals surface area contributed by atoms with Crippen LogP contribution >= 0.6 is 0 Å². The average molecular weight is 303 g/mol. The summed E-state index contributed by atoms with van der Waals surface area (Å²) in [7, 11) is 0. The van der Waals surface area contributed by atoms with Crippen molar-refractivity contribution in [3.05, 3.63) is 46.6 Å². The molecule has 0 aromatic carbocycles. The molecule has 1 heteroatoms. The Morgan fingerprint density at radius 2 is 1.95 bits per heavy atom. The van der Waals surface area contributed by atoms with Crippen LogP contribution in [0, 0.1) is 5.41 Å². The summed E-state index contributed by atoms with van der Waals surface area (Å²) in [5, 5.41) is 8.84. The first-order valence-corrected chi connectivity index (χ1v) is 8.68. The summed E-state index contributed by atoms with van der Waals surface area (Å²) in [4.78, 5) is 0. The molecule has 0 aromatic rings. The van der Waals surface area contributed by atoms with Gasteiger partial charge in [0, 0.05) is 0 Å². The molecule has 124 valence electrons. The maximum atomic E-state index is 8.84. The lowest BCUT2D eigenvalue weighted by molar-refractivity contribution is 0.341. The Bertz CT molecular complexity index is 472. The molecular formula is C21H34O. The minimum absolute atomic E-state index is 0.160. The maximum absolute atomic E-state index is 8.84. The van der Waals surface area contributed by atoms with Crippen molar-refractivity contribution in [3.63, 3.8) is 0 Å². The molecular weight excluding hydrogens is 268 g/mol. The molecule has 0 unspecified atom stereocenters. The van der Waals surface area contributed by atoms with Crippen molar-refractivity contribution in [2.45, 2.75) is 73.1 Å². The van der Waals surface area contributed by atoms with Gasteiger partial charge in [0.15, 0.2) is 0 Å². The van der Waals surface area contributed by atoms with Gasteiger partial charge in [-0.25, -0.2) is 0 Å². The van der Waals surface area contributed by atoms with Gasteiger partial charge in [0.1, 0.15) is 0 Å². The van der Waals surface area contributed by atoms with Crippen LogP contribution in [0.25, 0.3) is 0 Å². The van der Waals surface area contributed by atoms with E-state index in [4.69, 9.17) is 5.11 Å². The lowest BCUT2D eigenvalue weighted by Gasteiger charge is -2.32. The van der Waals surface area contributed by atoms with E-state index in [0.29, 0.717) is 5.41 Å². The van der Waals surface area contributed by atoms with E-state index in [1.165, 1.54) is 36.0 Å². The number of rotatable bonds is 7. The Balaban J connectivity index is 2.55. The second-order valence-electron chi connectivity index (χ2n) is 7.34.